The van der Waals surface area contributed by atoms with E-state index in [1.807, 2.05) is 13.8 Å². The van der Waals surface area contributed by atoms with Crippen LogP contribution in [0.2, 0.25) is 0 Å². The highest BCUT2D eigenvalue weighted by molar-refractivity contribution is 5.67. The van der Waals surface area contributed by atoms with E-state index in [1.165, 1.54) is 12.1 Å². The standard InChI is InChI=1S/C12H12FN3/c1-7-3-4-9(13)5-10(7)11-8(2)6-15-12(14)16-11/h3-6H,1-2H3,(H2,14,15,16). The van der Waals surface area contributed by atoms with Gasteiger partial charge in [0.15, 0.2) is 0 Å². The number of nitrogens with zero attached hydrogens (tertiary/aromatic N) is 2. The maximum absolute atomic E-state index is 13.2. The van der Waals surface area contributed by atoms with E-state index in [0.29, 0.717) is 5.69 Å². The van der Waals surface area contributed by atoms with Gasteiger partial charge in [0, 0.05) is 11.8 Å². The van der Waals surface area contributed by atoms with Crippen LogP contribution in [-0.4, -0.2) is 9.97 Å². The van der Waals surface area contributed by atoms with Crippen molar-refractivity contribution >= 4 is 5.95 Å². The van der Waals surface area contributed by atoms with E-state index in [4.69, 9.17) is 5.73 Å². The van der Waals surface area contributed by atoms with Gasteiger partial charge in [-0.1, -0.05) is 6.07 Å². The number of halogens is 1. The quantitative estimate of drug-likeness (QED) is 0.798. The fraction of sp³-hybridized carbons (Fsp3) is 0.167. The fourth-order valence-corrected chi connectivity index (χ4v) is 1.58. The second-order valence-corrected chi connectivity index (χ2v) is 3.72. The lowest BCUT2D eigenvalue weighted by Gasteiger charge is -2.08. The first kappa shape index (κ1) is 10.5. The summed E-state index contributed by atoms with van der Waals surface area (Å²) in [6.45, 7) is 3.78. The molecule has 0 spiro atoms. The molecule has 2 rings (SSSR count). The minimum Gasteiger partial charge on any atom is -0.368 e. The number of hydrogen-bond donors (Lipinski definition) is 1. The molecule has 4 heteroatoms. The molecule has 0 aliphatic carbocycles. The fourth-order valence-electron chi connectivity index (χ4n) is 1.58. The highest BCUT2D eigenvalue weighted by atomic mass is 19.1. The van der Waals surface area contributed by atoms with Gasteiger partial charge < -0.3 is 5.73 Å². The molecule has 0 saturated carbocycles. The lowest BCUT2D eigenvalue weighted by Crippen LogP contribution is -1.99. The predicted molar refractivity (Wildman–Crippen MR) is 61.3 cm³/mol. The third-order valence-corrected chi connectivity index (χ3v) is 2.45. The number of rotatable bonds is 1. The summed E-state index contributed by atoms with van der Waals surface area (Å²) in [6.07, 6.45) is 1.64. The lowest BCUT2D eigenvalue weighted by molar-refractivity contribution is 0.628. The van der Waals surface area contributed by atoms with Gasteiger partial charge >= 0.3 is 0 Å². The molecule has 0 fully saturated rings. The summed E-state index contributed by atoms with van der Waals surface area (Å²) in [5.74, 6) is -0.0820. The monoisotopic (exact) mass is 217 g/mol. The summed E-state index contributed by atoms with van der Waals surface area (Å²) in [5, 5.41) is 0. The molecule has 0 amide bonds. The first-order valence-electron chi connectivity index (χ1n) is 4.93. The van der Waals surface area contributed by atoms with E-state index in [0.717, 1.165) is 16.7 Å². The van der Waals surface area contributed by atoms with E-state index >= 15 is 0 Å². The summed E-state index contributed by atoms with van der Waals surface area (Å²) < 4.78 is 13.2. The lowest BCUT2D eigenvalue weighted by atomic mass is 10.0. The number of hydrogen-bond acceptors (Lipinski definition) is 3. The molecule has 0 saturated heterocycles. The van der Waals surface area contributed by atoms with Crippen molar-refractivity contribution in [2.45, 2.75) is 13.8 Å². The molecule has 1 heterocycles. The summed E-state index contributed by atoms with van der Waals surface area (Å²) in [4.78, 5) is 8.03. The van der Waals surface area contributed by atoms with Crippen LogP contribution in [-0.2, 0) is 0 Å². The van der Waals surface area contributed by atoms with Crippen LogP contribution in [0.5, 0.6) is 0 Å². The third kappa shape index (κ3) is 1.86. The first-order chi connectivity index (χ1) is 7.58. The molecule has 0 radical (unpaired) electrons. The van der Waals surface area contributed by atoms with Gasteiger partial charge in [0.05, 0.1) is 5.69 Å². The smallest absolute Gasteiger partial charge is 0.220 e. The largest absolute Gasteiger partial charge is 0.368 e. The van der Waals surface area contributed by atoms with Gasteiger partial charge in [-0.25, -0.2) is 14.4 Å². The minimum atomic E-state index is -0.280. The van der Waals surface area contributed by atoms with Crippen LogP contribution in [0.15, 0.2) is 24.4 Å². The molecule has 1 aromatic carbocycles. The van der Waals surface area contributed by atoms with Crippen LogP contribution in [0, 0.1) is 19.7 Å². The zero-order chi connectivity index (χ0) is 11.7. The zero-order valence-corrected chi connectivity index (χ0v) is 9.16. The number of aromatic nitrogens is 2. The average Bonchev–Trinajstić information content (AvgIpc) is 2.25. The van der Waals surface area contributed by atoms with Crippen LogP contribution in [0.25, 0.3) is 11.3 Å². The normalized spacial score (nSPS) is 10.4. The number of benzene rings is 1. The Morgan fingerprint density at radius 1 is 1.19 bits per heavy atom. The molecule has 0 unspecified atom stereocenters. The summed E-state index contributed by atoms with van der Waals surface area (Å²) in [7, 11) is 0. The molecule has 2 aromatic rings. The Morgan fingerprint density at radius 3 is 2.69 bits per heavy atom. The van der Waals surface area contributed by atoms with E-state index in [1.54, 1.807) is 12.3 Å². The van der Waals surface area contributed by atoms with Gasteiger partial charge in [-0.3, -0.25) is 0 Å². The van der Waals surface area contributed by atoms with Gasteiger partial charge in [-0.05, 0) is 37.1 Å². The maximum Gasteiger partial charge on any atom is 0.220 e. The van der Waals surface area contributed by atoms with Crippen molar-refractivity contribution in [3.8, 4) is 11.3 Å². The van der Waals surface area contributed by atoms with Gasteiger partial charge in [-0.15, -0.1) is 0 Å². The van der Waals surface area contributed by atoms with Crippen molar-refractivity contribution in [3.05, 3.63) is 41.3 Å². The molecule has 16 heavy (non-hydrogen) atoms. The molecule has 0 aliphatic rings. The summed E-state index contributed by atoms with van der Waals surface area (Å²) >= 11 is 0. The number of nitrogen functional groups attached to an aromatic ring is 1. The molecule has 0 bridgehead atoms. The second-order valence-electron chi connectivity index (χ2n) is 3.72. The van der Waals surface area contributed by atoms with Crippen LogP contribution in [0.1, 0.15) is 11.1 Å². The van der Waals surface area contributed by atoms with Gasteiger partial charge in [0.2, 0.25) is 5.95 Å². The van der Waals surface area contributed by atoms with Crippen molar-refractivity contribution in [3.63, 3.8) is 0 Å². The molecular formula is C12H12FN3. The summed E-state index contributed by atoms with van der Waals surface area (Å²) in [5.41, 5.74) is 8.82. The zero-order valence-electron chi connectivity index (χ0n) is 9.16. The highest BCUT2D eigenvalue weighted by Gasteiger charge is 2.09. The van der Waals surface area contributed by atoms with Gasteiger partial charge in [0.25, 0.3) is 0 Å². The van der Waals surface area contributed by atoms with Crippen LogP contribution in [0.3, 0.4) is 0 Å². The van der Waals surface area contributed by atoms with Crippen LogP contribution >= 0.6 is 0 Å². The molecule has 0 atom stereocenters. The molecule has 3 nitrogen and oxygen atoms in total. The van der Waals surface area contributed by atoms with E-state index in [2.05, 4.69) is 9.97 Å². The molecule has 2 N–H and O–H groups in total. The number of aryl methyl sites for hydroxylation is 2. The number of nitrogens with two attached hydrogens (primary N) is 1. The Morgan fingerprint density at radius 2 is 1.94 bits per heavy atom. The van der Waals surface area contributed by atoms with Gasteiger partial charge in [0.1, 0.15) is 5.82 Å². The first-order valence-corrected chi connectivity index (χ1v) is 4.93. The predicted octanol–water partition coefficient (Wildman–Crippen LogP) is 2.48. The van der Waals surface area contributed by atoms with E-state index < -0.39 is 0 Å². The van der Waals surface area contributed by atoms with E-state index in [9.17, 15) is 4.39 Å². The van der Waals surface area contributed by atoms with Crippen molar-refractivity contribution in [1.29, 1.82) is 0 Å². The Bertz CT molecular complexity index is 488. The Kier molecular flexibility index (Phi) is 2.56. The Hall–Kier alpha value is -1.97. The summed E-state index contributed by atoms with van der Waals surface area (Å²) in [6, 6.07) is 4.62. The minimum absolute atomic E-state index is 0.198. The van der Waals surface area contributed by atoms with E-state index in [-0.39, 0.29) is 11.8 Å². The highest BCUT2D eigenvalue weighted by Crippen LogP contribution is 2.25. The van der Waals surface area contributed by atoms with Crippen molar-refractivity contribution < 1.29 is 4.39 Å². The second kappa shape index (κ2) is 3.89. The van der Waals surface area contributed by atoms with Crippen molar-refractivity contribution in [2.24, 2.45) is 0 Å². The number of anilines is 1. The Labute approximate surface area is 93.2 Å². The molecular weight excluding hydrogens is 205 g/mol. The third-order valence-electron chi connectivity index (χ3n) is 2.45. The SMILES string of the molecule is Cc1ccc(F)cc1-c1nc(N)ncc1C. The molecule has 0 aliphatic heterocycles. The van der Waals surface area contributed by atoms with Crippen molar-refractivity contribution in [2.75, 3.05) is 5.73 Å². The Balaban J connectivity index is 2.66. The van der Waals surface area contributed by atoms with Crippen LogP contribution < -0.4 is 5.73 Å². The topological polar surface area (TPSA) is 51.8 Å². The van der Waals surface area contributed by atoms with Crippen molar-refractivity contribution in [1.82, 2.24) is 9.97 Å². The molecule has 1 aromatic heterocycles. The van der Waals surface area contributed by atoms with Gasteiger partial charge in [-0.2, -0.15) is 0 Å². The van der Waals surface area contributed by atoms with Crippen LogP contribution in [0.4, 0.5) is 10.3 Å². The average molecular weight is 217 g/mol. The maximum atomic E-state index is 13.2. The molecule has 82 valence electrons.